The number of halogens is 1. The number of hydrogen-bond donors (Lipinski definition) is 1. The average Bonchev–Trinajstić information content (AvgIpc) is 3.16. The van der Waals surface area contributed by atoms with E-state index in [-0.39, 0.29) is 34.1 Å². The van der Waals surface area contributed by atoms with Gasteiger partial charge in [0.15, 0.2) is 5.78 Å². The first-order chi connectivity index (χ1) is 13.5. The predicted octanol–water partition coefficient (Wildman–Crippen LogP) is 3.28. The van der Waals surface area contributed by atoms with Crippen LogP contribution < -0.4 is 5.32 Å². The maximum atomic E-state index is 13.8. The van der Waals surface area contributed by atoms with E-state index in [1.807, 2.05) is 30.3 Å². The van der Waals surface area contributed by atoms with Gasteiger partial charge in [0.2, 0.25) is 5.91 Å². The van der Waals surface area contributed by atoms with Gasteiger partial charge in [0.25, 0.3) is 11.1 Å². The summed E-state index contributed by atoms with van der Waals surface area (Å²) < 4.78 is 19.2. The number of carbonyl (C=O) groups is 2. The minimum absolute atomic E-state index is 0.00251. The molecule has 0 aliphatic carbocycles. The van der Waals surface area contributed by atoms with E-state index in [2.05, 4.69) is 15.5 Å². The molecule has 1 amide bonds. The van der Waals surface area contributed by atoms with Gasteiger partial charge >= 0.3 is 0 Å². The van der Waals surface area contributed by atoms with Crippen LogP contribution in [0.2, 0.25) is 0 Å². The lowest BCUT2D eigenvalue weighted by molar-refractivity contribution is -0.125. The van der Waals surface area contributed by atoms with E-state index in [1.54, 1.807) is 12.1 Å². The highest BCUT2D eigenvalue weighted by atomic mass is 32.2. The zero-order valence-electron chi connectivity index (χ0n) is 15.1. The summed E-state index contributed by atoms with van der Waals surface area (Å²) in [6, 6.07) is 14.9. The lowest BCUT2D eigenvalue weighted by atomic mass is 10.0. The van der Waals surface area contributed by atoms with Crippen molar-refractivity contribution >= 4 is 23.5 Å². The molecule has 0 saturated carbocycles. The molecule has 0 saturated heterocycles. The summed E-state index contributed by atoms with van der Waals surface area (Å²) in [7, 11) is 0. The zero-order valence-corrected chi connectivity index (χ0v) is 15.9. The van der Waals surface area contributed by atoms with Gasteiger partial charge in [0, 0.05) is 0 Å². The third-order valence-corrected chi connectivity index (χ3v) is 4.76. The van der Waals surface area contributed by atoms with Gasteiger partial charge in [0.05, 0.1) is 17.4 Å². The largest absolute Gasteiger partial charge is 0.411 e. The highest BCUT2D eigenvalue weighted by molar-refractivity contribution is 7.99. The van der Waals surface area contributed by atoms with Gasteiger partial charge in [-0.3, -0.25) is 9.59 Å². The van der Waals surface area contributed by atoms with Gasteiger partial charge in [0.1, 0.15) is 5.82 Å². The van der Waals surface area contributed by atoms with Crippen LogP contribution in [0.1, 0.15) is 12.5 Å². The fourth-order valence-electron chi connectivity index (χ4n) is 2.52. The molecule has 3 aromatic rings. The Morgan fingerprint density at radius 3 is 2.54 bits per heavy atom. The first-order valence-electron chi connectivity index (χ1n) is 8.58. The molecule has 0 bridgehead atoms. The van der Waals surface area contributed by atoms with Gasteiger partial charge in [-0.25, -0.2) is 4.39 Å². The lowest BCUT2D eigenvalue weighted by Crippen LogP contribution is -2.42. The maximum absolute atomic E-state index is 13.8. The molecule has 0 fully saturated rings. The van der Waals surface area contributed by atoms with Gasteiger partial charge in [-0.1, -0.05) is 54.2 Å². The van der Waals surface area contributed by atoms with E-state index in [1.165, 1.54) is 19.1 Å². The van der Waals surface area contributed by atoms with Crippen molar-refractivity contribution < 1.29 is 18.4 Å². The summed E-state index contributed by atoms with van der Waals surface area (Å²) >= 11 is 1.02. The molecule has 144 valence electrons. The van der Waals surface area contributed by atoms with E-state index < -0.39 is 11.9 Å². The first-order valence-corrected chi connectivity index (χ1v) is 9.56. The molecule has 0 aliphatic rings. The molecule has 1 atom stereocenters. The Bertz CT molecular complexity index is 962. The van der Waals surface area contributed by atoms with E-state index in [4.69, 9.17) is 4.42 Å². The Morgan fingerprint density at radius 2 is 1.82 bits per heavy atom. The van der Waals surface area contributed by atoms with Crippen LogP contribution in [0.4, 0.5) is 4.39 Å². The minimum atomic E-state index is -0.604. The second kappa shape index (κ2) is 9.27. The lowest BCUT2D eigenvalue weighted by Gasteiger charge is -2.15. The molecule has 1 N–H and O–H groups in total. The van der Waals surface area contributed by atoms with Crippen LogP contribution in [-0.4, -0.2) is 33.7 Å². The second-order valence-electron chi connectivity index (χ2n) is 6.06. The molecular formula is C20H18FN3O3S. The second-order valence-corrected chi connectivity index (χ2v) is 6.99. The molecule has 0 spiro atoms. The number of ketones is 1. The number of Topliss-reactive ketones (excluding diaryl/α,β-unsaturated/α-hetero) is 1. The fraction of sp³-hybridized carbons (Fsp3) is 0.200. The number of thioether (sulfide) groups is 1. The van der Waals surface area contributed by atoms with Crippen LogP contribution in [0.3, 0.4) is 0 Å². The normalized spacial score (nSPS) is 11.8. The van der Waals surface area contributed by atoms with Gasteiger partial charge in [-0.2, -0.15) is 0 Å². The standard InChI is InChI=1S/C20H18FN3O3S/c1-13(25)17(11-14-7-3-2-4-8-14)22-18(26)12-28-20-24-23-19(27-20)15-9-5-6-10-16(15)21/h2-10,17H,11-12H2,1H3,(H,22,26)/t17-/m1/s1. The van der Waals surface area contributed by atoms with Crippen molar-refractivity contribution in [2.24, 2.45) is 0 Å². The summed E-state index contributed by atoms with van der Waals surface area (Å²) in [5, 5.41) is 10.5. The van der Waals surface area contributed by atoms with Crippen molar-refractivity contribution in [1.82, 2.24) is 15.5 Å². The highest BCUT2D eigenvalue weighted by Crippen LogP contribution is 2.24. The predicted molar refractivity (Wildman–Crippen MR) is 103 cm³/mol. The highest BCUT2D eigenvalue weighted by Gasteiger charge is 2.19. The Labute approximate surface area is 165 Å². The Morgan fingerprint density at radius 1 is 1.11 bits per heavy atom. The summed E-state index contributed by atoms with van der Waals surface area (Å²) in [6.07, 6.45) is 0.421. The number of nitrogens with one attached hydrogen (secondary N) is 1. The number of rotatable bonds is 8. The number of benzene rings is 2. The molecule has 2 aromatic carbocycles. The van der Waals surface area contributed by atoms with Gasteiger partial charge in [-0.15, -0.1) is 10.2 Å². The number of hydrogen-bond acceptors (Lipinski definition) is 6. The monoisotopic (exact) mass is 399 g/mol. The van der Waals surface area contributed by atoms with Crippen LogP contribution in [0, 0.1) is 5.82 Å². The number of nitrogens with zero attached hydrogens (tertiary/aromatic N) is 2. The van der Waals surface area contributed by atoms with Crippen molar-refractivity contribution in [1.29, 1.82) is 0 Å². The SMILES string of the molecule is CC(=O)[C@@H](Cc1ccccc1)NC(=O)CSc1nnc(-c2ccccc2F)o1. The van der Waals surface area contributed by atoms with E-state index >= 15 is 0 Å². The van der Waals surface area contributed by atoms with Crippen LogP contribution >= 0.6 is 11.8 Å². The van der Waals surface area contributed by atoms with Crippen molar-refractivity contribution in [2.75, 3.05) is 5.75 Å². The molecule has 0 unspecified atom stereocenters. The number of amides is 1. The van der Waals surface area contributed by atoms with Gasteiger partial charge in [-0.05, 0) is 31.0 Å². The summed E-state index contributed by atoms with van der Waals surface area (Å²) in [4.78, 5) is 24.1. The van der Waals surface area contributed by atoms with Crippen LogP contribution in [-0.2, 0) is 16.0 Å². The maximum Gasteiger partial charge on any atom is 0.277 e. The third-order valence-electron chi connectivity index (χ3n) is 3.95. The smallest absolute Gasteiger partial charge is 0.277 e. The van der Waals surface area contributed by atoms with Crippen LogP contribution in [0.15, 0.2) is 64.2 Å². The van der Waals surface area contributed by atoms with Gasteiger partial charge < -0.3 is 9.73 Å². The number of aromatic nitrogens is 2. The van der Waals surface area contributed by atoms with Crippen molar-refractivity contribution in [3.8, 4) is 11.5 Å². The Balaban J connectivity index is 1.56. The van der Waals surface area contributed by atoms with Crippen LogP contribution in [0.5, 0.6) is 0 Å². The quantitative estimate of drug-likeness (QED) is 0.585. The van der Waals surface area contributed by atoms with Crippen molar-refractivity contribution in [3.63, 3.8) is 0 Å². The summed E-state index contributed by atoms with van der Waals surface area (Å²) in [5.74, 6) is -0.872. The molecule has 6 nitrogen and oxygen atoms in total. The molecule has 8 heteroatoms. The third kappa shape index (κ3) is 5.26. The molecule has 3 rings (SSSR count). The fourth-order valence-corrected chi connectivity index (χ4v) is 3.10. The van der Waals surface area contributed by atoms with Crippen molar-refractivity contribution in [2.45, 2.75) is 24.6 Å². The molecule has 0 aliphatic heterocycles. The zero-order chi connectivity index (χ0) is 19.9. The first kappa shape index (κ1) is 19.8. The minimum Gasteiger partial charge on any atom is -0.411 e. The molecule has 28 heavy (non-hydrogen) atoms. The number of carbonyl (C=O) groups excluding carboxylic acids is 2. The van der Waals surface area contributed by atoms with Crippen LogP contribution in [0.25, 0.3) is 11.5 Å². The van der Waals surface area contributed by atoms with E-state index in [0.717, 1.165) is 17.3 Å². The van der Waals surface area contributed by atoms with Crippen molar-refractivity contribution in [3.05, 3.63) is 66.0 Å². The molecule has 0 radical (unpaired) electrons. The summed E-state index contributed by atoms with van der Waals surface area (Å²) in [6.45, 7) is 1.44. The Hall–Kier alpha value is -3.00. The molecule has 1 aromatic heterocycles. The topological polar surface area (TPSA) is 85.1 Å². The van der Waals surface area contributed by atoms with E-state index in [9.17, 15) is 14.0 Å². The molecule has 1 heterocycles. The Kier molecular flexibility index (Phi) is 6.54. The average molecular weight is 399 g/mol. The molecular weight excluding hydrogens is 381 g/mol. The summed E-state index contributed by atoms with van der Waals surface area (Å²) in [5.41, 5.74) is 1.16. The van der Waals surface area contributed by atoms with E-state index in [0.29, 0.717) is 6.42 Å².